The molecule has 106 valence electrons. The molecule has 3 nitrogen and oxygen atoms in total. The van der Waals surface area contributed by atoms with Gasteiger partial charge >= 0.3 is 0 Å². The van der Waals surface area contributed by atoms with Gasteiger partial charge in [0.15, 0.2) is 0 Å². The van der Waals surface area contributed by atoms with E-state index in [-0.39, 0.29) is 12.6 Å². The van der Waals surface area contributed by atoms with Crippen LogP contribution in [0, 0.1) is 0 Å². The Labute approximate surface area is 116 Å². The van der Waals surface area contributed by atoms with Crippen LogP contribution in [0.5, 0.6) is 0 Å². The Morgan fingerprint density at radius 3 is 2.37 bits per heavy atom. The first kappa shape index (κ1) is 14.5. The van der Waals surface area contributed by atoms with E-state index >= 15 is 0 Å². The van der Waals surface area contributed by atoms with Crippen LogP contribution >= 0.6 is 0 Å². The molecule has 0 amide bonds. The Morgan fingerprint density at radius 1 is 1.21 bits per heavy atom. The van der Waals surface area contributed by atoms with E-state index in [9.17, 15) is 5.11 Å². The fraction of sp³-hybridized carbons (Fsp3) is 0.625. The first-order valence-corrected chi connectivity index (χ1v) is 7.36. The molecule has 1 saturated heterocycles. The van der Waals surface area contributed by atoms with Gasteiger partial charge in [-0.25, -0.2) is 0 Å². The Balaban J connectivity index is 1.87. The quantitative estimate of drug-likeness (QED) is 0.854. The third kappa shape index (κ3) is 4.03. The molecular formula is C16H26N2O. The molecule has 1 aromatic rings. The minimum Gasteiger partial charge on any atom is -0.394 e. The van der Waals surface area contributed by atoms with Crippen molar-refractivity contribution < 1.29 is 5.11 Å². The lowest BCUT2D eigenvalue weighted by Gasteiger charge is -2.36. The lowest BCUT2D eigenvalue weighted by Crippen LogP contribution is -2.46. The highest BCUT2D eigenvalue weighted by Crippen LogP contribution is 2.18. The first-order valence-electron chi connectivity index (χ1n) is 7.36. The van der Waals surface area contributed by atoms with Crippen LogP contribution in [-0.4, -0.2) is 41.8 Å². The summed E-state index contributed by atoms with van der Waals surface area (Å²) in [6.45, 7) is 6.99. The molecule has 1 heterocycles. The molecule has 0 aliphatic carbocycles. The van der Waals surface area contributed by atoms with Crippen LogP contribution in [0.15, 0.2) is 30.3 Å². The summed E-state index contributed by atoms with van der Waals surface area (Å²) in [4.78, 5) is 2.52. The van der Waals surface area contributed by atoms with E-state index < -0.39 is 0 Å². The summed E-state index contributed by atoms with van der Waals surface area (Å²) in [5.74, 6) is 0. The van der Waals surface area contributed by atoms with Crippen molar-refractivity contribution in [2.75, 3.05) is 19.7 Å². The van der Waals surface area contributed by atoms with Crippen LogP contribution in [0.1, 0.15) is 38.3 Å². The van der Waals surface area contributed by atoms with E-state index in [0.717, 1.165) is 13.1 Å². The van der Waals surface area contributed by atoms with Crippen molar-refractivity contribution in [3.05, 3.63) is 35.9 Å². The van der Waals surface area contributed by atoms with Crippen LogP contribution in [0.25, 0.3) is 0 Å². The van der Waals surface area contributed by atoms with Gasteiger partial charge < -0.3 is 15.3 Å². The van der Waals surface area contributed by atoms with Gasteiger partial charge in [0.05, 0.1) is 12.6 Å². The zero-order valence-electron chi connectivity index (χ0n) is 12.0. The number of aliphatic hydroxyl groups is 1. The molecule has 0 spiro atoms. The van der Waals surface area contributed by atoms with Crippen molar-refractivity contribution >= 4 is 0 Å². The van der Waals surface area contributed by atoms with E-state index in [2.05, 4.69) is 36.2 Å². The fourth-order valence-corrected chi connectivity index (χ4v) is 2.81. The molecule has 0 aromatic heterocycles. The molecule has 2 N–H and O–H groups in total. The number of hydrogen-bond donors (Lipinski definition) is 2. The number of piperidine rings is 1. The maximum Gasteiger partial charge on any atom is 0.0626 e. The smallest absolute Gasteiger partial charge is 0.0626 e. The number of hydrogen-bond acceptors (Lipinski definition) is 3. The summed E-state index contributed by atoms with van der Waals surface area (Å²) in [5.41, 5.74) is 1.18. The summed E-state index contributed by atoms with van der Waals surface area (Å²) >= 11 is 0. The molecule has 0 bridgehead atoms. The van der Waals surface area contributed by atoms with Gasteiger partial charge in [-0.05, 0) is 45.3 Å². The number of nitrogens with one attached hydrogen (secondary N) is 1. The molecule has 1 aliphatic rings. The number of likely N-dealkylation sites (tertiary alicyclic amines) is 1. The van der Waals surface area contributed by atoms with Crippen molar-refractivity contribution in [1.82, 2.24) is 10.2 Å². The molecular weight excluding hydrogens is 236 g/mol. The lowest BCUT2D eigenvalue weighted by atomic mass is 10.0. The van der Waals surface area contributed by atoms with Crippen LogP contribution in [0.3, 0.4) is 0 Å². The molecule has 0 unspecified atom stereocenters. The lowest BCUT2D eigenvalue weighted by molar-refractivity contribution is 0.146. The standard InChI is InChI=1S/C16H26N2O/c1-13(2)18-10-8-15(9-11-18)17-16(12-19)14-6-4-3-5-7-14/h3-7,13,15-17,19H,8-12H2,1-2H3/t16-/m1/s1. The Morgan fingerprint density at radius 2 is 1.84 bits per heavy atom. The number of benzene rings is 1. The van der Waals surface area contributed by atoms with Gasteiger partial charge in [-0.3, -0.25) is 0 Å². The molecule has 19 heavy (non-hydrogen) atoms. The van der Waals surface area contributed by atoms with Gasteiger partial charge in [-0.2, -0.15) is 0 Å². The first-order chi connectivity index (χ1) is 9.20. The Hall–Kier alpha value is -0.900. The van der Waals surface area contributed by atoms with E-state index in [0.29, 0.717) is 12.1 Å². The average molecular weight is 262 g/mol. The minimum absolute atomic E-state index is 0.0665. The zero-order chi connectivity index (χ0) is 13.7. The van der Waals surface area contributed by atoms with E-state index in [1.165, 1.54) is 18.4 Å². The van der Waals surface area contributed by atoms with Crippen molar-refractivity contribution in [2.24, 2.45) is 0 Å². The van der Waals surface area contributed by atoms with Crippen molar-refractivity contribution in [3.8, 4) is 0 Å². The SMILES string of the molecule is CC(C)N1CCC(N[C@H](CO)c2ccccc2)CC1. The second-order valence-electron chi connectivity index (χ2n) is 5.72. The van der Waals surface area contributed by atoms with Crippen LogP contribution in [0.2, 0.25) is 0 Å². The third-order valence-corrected chi connectivity index (χ3v) is 4.08. The van der Waals surface area contributed by atoms with Gasteiger partial charge in [0.25, 0.3) is 0 Å². The van der Waals surface area contributed by atoms with Gasteiger partial charge in [0.1, 0.15) is 0 Å². The van der Waals surface area contributed by atoms with E-state index in [1.807, 2.05) is 18.2 Å². The Bertz CT molecular complexity index is 358. The maximum atomic E-state index is 9.58. The second-order valence-corrected chi connectivity index (χ2v) is 5.72. The monoisotopic (exact) mass is 262 g/mol. The van der Waals surface area contributed by atoms with E-state index in [4.69, 9.17) is 0 Å². The molecule has 2 rings (SSSR count). The van der Waals surface area contributed by atoms with Crippen LogP contribution in [0.4, 0.5) is 0 Å². The third-order valence-electron chi connectivity index (χ3n) is 4.08. The topological polar surface area (TPSA) is 35.5 Å². The second kappa shape index (κ2) is 7.04. The minimum atomic E-state index is 0.0665. The average Bonchev–Trinajstić information content (AvgIpc) is 2.46. The molecule has 1 fully saturated rings. The highest BCUT2D eigenvalue weighted by Gasteiger charge is 2.23. The highest BCUT2D eigenvalue weighted by atomic mass is 16.3. The number of nitrogens with zero attached hydrogens (tertiary/aromatic N) is 1. The van der Waals surface area contributed by atoms with Crippen molar-refractivity contribution in [1.29, 1.82) is 0 Å². The van der Waals surface area contributed by atoms with E-state index in [1.54, 1.807) is 0 Å². The molecule has 0 radical (unpaired) electrons. The highest BCUT2D eigenvalue weighted by molar-refractivity contribution is 5.19. The number of aliphatic hydroxyl groups excluding tert-OH is 1. The normalized spacial score (nSPS) is 19.8. The van der Waals surface area contributed by atoms with Crippen LogP contribution in [-0.2, 0) is 0 Å². The Kier molecular flexibility index (Phi) is 5.37. The van der Waals surface area contributed by atoms with Gasteiger partial charge in [0, 0.05) is 12.1 Å². The summed E-state index contributed by atoms with van der Waals surface area (Å²) in [6, 6.07) is 11.5. The predicted octanol–water partition coefficient (Wildman–Crippen LogP) is 2.18. The van der Waals surface area contributed by atoms with Crippen LogP contribution < -0.4 is 5.32 Å². The molecule has 1 aliphatic heterocycles. The predicted molar refractivity (Wildman–Crippen MR) is 79.1 cm³/mol. The maximum absolute atomic E-state index is 9.58. The van der Waals surface area contributed by atoms with Gasteiger partial charge in [-0.1, -0.05) is 30.3 Å². The molecule has 1 aromatic carbocycles. The number of rotatable bonds is 5. The van der Waals surface area contributed by atoms with Crippen molar-refractivity contribution in [3.63, 3.8) is 0 Å². The largest absolute Gasteiger partial charge is 0.394 e. The molecule has 3 heteroatoms. The molecule has 1 atom stereocenters. The fourth-order valence-electron chi connectivity index (χ4n) is 2.81. The summed E-state index contributed by atoms with van der Waals surface area (Å²) in [7, 11) is 0. The van der Waals surface area contributed by atoms with Crippen molar-refractivity contribution in [2.45, 2.75) is 44.8 Å². The molecule has 0 saturated carbocycles. The van der Waals surface area contributed by atoms with Gasteiger partial charge in [0.2, 0.25) is 0 Å². The summed E-state index contributed by atoms with van der Waals surface area (Å²) in [6.07, 6.45) is 2.34. The summed E-state index contributed by atoms with van der Waals surface area (Å²) < 4.78 is 0. The zero-order valence-corrected chi connectivity index (χ0v) is 12.0. The summed E-state index contributed by atoms with van der Waals surface area (Å²) in [5, 5.41) is 13.2. The van der Waals surface area contributed by atoms with Gasteiger partial charge in [-0.15, -0.1) is 0 Å².